The maximum atomic E-state index is 12.1. The fraction of sp³-hybridized carbons (Fsp3) is 0.667. The van der Waals surface area contributed by atoms with Crippen LogP contribution in [-0.4, -0.2) is 47.0 Å². The summed E-state index contributed by atoms with van der Waals surface area (Å²) in [7, 11) is 0. The van der Waals surface area contributed by atoms with Crippen molar-refractivity contribution in [2.75, 3.05) is 36.8 Å². The summed E-state index contributed by atoms with van der Waals surface area (Å²) in [5.74, 6) is 1.92. The largest absolute Gasteiger partial charge is 0.370 e. The number of anilines is 2. The van der Waals surface area contributed by atoms with E-state index >= 15 is 0 Å². The molecule has 21 heavy (non-hydrogen) atoms. The zero-order chi connectivity index (χ0) is 15.8. The molecule has 2 N–H and O–H groups in total. The van der Waals surface area contributed by atoms with Gasteiger partial charge in [-0.15, -0.1) is 0 Å². The third kappa shape index (κ3) is 4.58. The van der Waals surface area contributed by atoms with Gasteiger partial charge in [0, 0.05) is 25.2 Å². The highest BCUT2D eigenvalue weighted by atomic mass is 16.2. The first-order valence-electron chi connectivity index (χ1n) is 7.65. The lowest BCUT2D eigenvalue weighted by atomic mass is 10.0. The highest BCUT2D eigenvalue weighted by molar-refractivity contribution is 5.81. The van der Waals surface area contributed by atoms with Crippen LogP contribution in [0, 0.1) is 0 Å². The van der Waals surface area contributed by atoms with Crippen LogP contribution in [0.2, 0.25) is 0 Å². The molecule has 1 heterocycles. The van der Waals surface area contributed by atoms with Gasteiger partial charge in [0.15, 0.2) is 0 Å². The van der Waals surface area contributed by atoms with Gasteiger partial charge in [-0.25, -0.2) is 9.97 Å². The van der Waals surface area contributed by atoms with Crippen molar-refractivity contribution in [3.05, 3.63) is 11.9 Å². The molecule has 1 rings (SSSR count). The predicted octanol–water partition coefficient (Wildman–Crippen LogP) is 2.31. The van der Waals surface area contributed by atoms with Gasteiger partial charge in [-0.1, -0.05) is 13.8 Å². The highest BCUT2D eigenvalue weighted by Crippen LogP contribution is 2.28. The minimum absolute atomic E-state index is 0.0818. The summed E-state index contributed by atoms with van der Waals surface area (Å²) in [5, 5.41) is 6.40. The standard InChI is InChI=1S/C15H27N5O/c1-6-16-14-13(11(4)5)15(19-10-18-14)17-9-12(21)20(7-2)8-3/h10-11H,6-9H2,1-5H3,(H2,16,17,18,19). The minimum Gasteiger partial charge on any atom is -0.370 e. The van der Waals surface area contributed by atoms with Crippen molar-refractivity contribution in [2.45, 2.75) is 40.5 Å². The average molecular weight is 293 g/mol. The Hall–Kier alpha value is -1.85. The third-order valence-corrected chi connectivity index (χ3v) is 3.33. The Labute approximate surface area is 127 Å². The van der Waals surface area contributed by atoms with Crippen molar-refractivity contribution in [2.24, 2.45) is 0 Å². The monoisotopic (exact) mass is 293 g/mol. The molecule has 0 aromatic carbocycles. The zero-order valence-electron chi connectivity index (χ0n) is 13.7. The van der Waals surface area contributed by atoms with Crippen LogP contribution in [0.4, 0.5) is 11.6 Å². The van der Waals surface area contributed by atoms with Gasteiger partial charge in [0.1, 0.15) is 18.0 Å². The van der Waals surface area contributed by atoms with Gasteiger partial charge < -0.3 is 15.5 Å². The molecule has 0 aliphatic carbocycles. The van der Waals surface area contributed by atoms with Crippen LogP contribution in [0.15, 0.2) is 6.33 Å². The van der Waals surface area contributed by atoms with Crippen molar-refractivity contribution < 1.29 is 4.79 Å². The molecule has 0 aliphatic rings. The number of likely N-dealkylation sites (N-methyl/N-ethyl adjacent to an activating group) is 1. The molecular formula is C15H27N5O. The van der Waals surface area contributed by atoms with Crippen molar-refractivity contribution in [1.29, 1.82) is 0 Å². The number of rotatable bonds is 8. The molecule has 1 aromatic rings. The van der Waals surface area contributed by atoms with Crippen molar-refractivity contribution >= 4 is 17.5 Å². The van der Waals surface area contributed by atoms with E-state index in [1.54, 1.807) is 4.90 Å². The summed E-state index contributed by atoms with van der Waals surface area (Å²) in [4.78, 5) is 22.5. The minimum atomic E-state index is 0.0818. The Bertz CT molecular complexity index is 457. The molecule has 1 amide bonds. The molecule has 0 fully saturated rings. The first-order valence-corrected chi connectivity index (χ1v) is 7.65. The van der Waals surface area contributed by atoms with Crippen molar-refractivity contribution in [3.8, 4) is 0 Å². The zero-order valence-corrected chi connectivity index (χ0v) is 13.7. The second-order valence-corrected chi connectivity index (χ2v) is 5.09. The second kappa shape index (κ2) is 8.44. The molecule has 6 heteroatoms. The van der Waals surface area contributed by atoms with E-state index in [-0.39, 0.29) is 18.4 Å². The van der Waals surface area contributed by atoms with Crippen LogP contribution in [-0.2, 0) is 4.79 Å². The van der Waals surface area contributed by atoms with Crippen molar-refractivity contribution in [1.82, 2.24) is 14.9 Å². The van der Waals surface area contributed by atoms with E-state index in [0.717, 1.165) is 36.8 Å². The van der Waals surface area contributed by atoms with E-state index in [0.29, 0.717) is 0 Å². The Morgan fingerprint density at radius 2 is 1.71 bits per heavy atom. The molecule has 0 unspecified atom stereocenters. The SMILES string of the molecule is CCNc1ncnc(NCC(=O)N(CC)CC)c1C(C)C. The second-order valence-electron chi connectivity index (χ2n) is 5.09. The number of nitrogens with one attached hydrogen (secondary N) is 2. The topological polar surface area (TPSA) is 70.1 Å². The Morgan fingerprint density at radius 3 is 2.19 bits per heavy atom. The summed E-state index contributed by atoms with van der Waals surface area (Å²) >= 11 is 0. The van der Waals surface area contributed by atoms with E-state index in [1.165, 1.54) is 6.33 Å². The molecule has 0 bridgehead atoms. The van der Waals surface area contributed by atoms with Crippen LogP contribution < -0.4 is 10.6 Å². The maximum absolute atomic E-state index is 12.1. The lowest BCUT2D eigenvalue weighted by Gasteiger charge is -2.21. The van der Waals surface area contributed by atoms with Gasteiger partial charge in [-0.05, 0) is 26.7 Å². The lowest BCUT2D eigenvalue weighted by molar-refractivity contribution is -0.128. The predicted molar refractivity (Wildman–Crippen MR) is 86.7 cm³/mol. The van der Waals surface area contributed by atoms with E-state index < -0.39 is 0 Å². The van der Waals surface area contributed by atoms with Gasteiger partial charge >= 0.3 is 0 Å². The number of hydrogen-bond donors (Lipinski definition) is 2. The number of carbonyl (C=O) groups is 1. The van der Waals surface area contributed by atoms with E-state index in [2.05, 4.69) is 34.4 Å². The number of carbonyl (C=O) groups excluding carboxylic acids is 1. The summed E-state index contributed by atoms with van der Waals surface area (Å²) in [6.45, 7) is 12.7. The van der Waals surface area contributed by atoms with E-state index in [9.17, 15) is 4.79 Å². The highest BCUT2D eigenvalue weighted by Gasteiger charge is 2.16. The Balaban J connectivity index is 2.88. The van der Waals surface area contributed by atoms with Crippen LogP contribution in [0.25, 0.3) is 0 Å². The van der Waals surface area contributed by atoms with Crippen LogP contribution in [0.3, 0.4) is 0 Å². The van der Waals surface area contributed by atoms with Gasteiger partial charge in [0.2, 0.25) is 5.91 Å². The van der Waals surface area contributed by atoms with Gasteiger partial charge in [-0.3, -0.25) is 4.79 Å². The Kier molecular flexibility index (Phi) is 6.91. The maximum Gasteiger partial charge on any atom is 0.241 e. The molecule has 1 aromatic heterocycles. The van der Waals surface area contributed by atoms with Gasteiger partial charge in [0.05, 0.1) is 6.54 Å². The number of amides is 1. The number of aromatic nitrogens is 2. The summed E-state index contributed by atoms with van der Waals surface area (Å²) in [5.41, 5.74) is 1.02. The fourth-order valence-corrected chi connectivity index (χ4v) is 2.24. The lowest BCUT2D eigenvalue weighted by Crippen LogP contribution is -2.35. The molecule has 0 aliphatic heterocycles. The first-order chi connectivity index (χ1) is 10.0. The number of hydrogen-bond acceptors (Lipinski definition) is 5. The van der Waals surface area contributed by atoms with Gasteiger partial charge in [-0.2, -0.15) is 0 Å². The van der Waals surface area contributed by atoms with Crippen LogP contribution >= 0.6 is 0 Å². The third-order valence-electron chi connectivity index (χ3n) is 3.33. The fourth-order valence-electron chi connectivity index (χ4n) is 2.24. The molecular weight excluding hydrogens is 266 g/mol. The molecule has 0 atom stereocenters. The molecule has 0 saturated carbocycles. The Morgan fingerprint density at radius 1 is 1.14 bits per heavy atom. The average Bonchev–Trinajstić information content (AvgIpc) is 2.46. The van der Waals surface area contributed by atoms with Gasteiger partial charge in [0.25, 0.3) is 0 Å². The first kappa shape index (κ1) is 17.2. The molecule has 0 saturated heterocycles. The van der Waals surface area contributed by atoms with E-state index in [4.69, 9.17) is 0 Å². The molecule has 0 radical (unpaired) electrons. The molecule has 0 spiro atoms. The quantitative estimate of drug-likeness (QED) is 0.769. The summed E-state index contributed by atoms with van der Waals surface area (Å²) in [6.07, 6.45) is 1.52. The smallest absolute Gasteiger partial charge is 0.241 e. The number of nitrogens with zero attached hydrogens (tertiary/aromatic N) is 3. The van der Waals surface area contributed by atoms with E-state index in [1.807, 2.05) is 20.8 Å². The molecule has 118 valence electrons. The van der Waals surface area contributed by atoms with Crippen LogP contribution in [0.1, 0.15) is 46.1 Å². The van der Waals surface area contributed by atoms with Crippen LogP contribution in [0.5, 0.6) is 0 Å². The summed E-state index contributed by atoms with van der Waals surface area (Å²) < 4.78 is 0. The van der Waals surface area contributed by atoms with Crippen molar-refractivity contribution in [3.63, 3.8) is 0 Å². The molecule has 6 nitrogen and oxygen atoms in total. The summed E-state index contributed by atoms with van der Waals surface area (Å²) in [6, 6.07) is 0. The normalized spacial score (nSPS) is 10.6.